The minimum absolute atomic E-state index is 0.00334. The lowest BCUT2D eigenvalue weighted by Crippen LogP contribution is -2.11. The Kier molecular flexibility index (Phi) is 5.73. The van der Waals surface area contributed by atoms with Gasteiger partial charge in [-0.3, -0.25) is 0 Å². The molecule has 0 saturated heterocycles. The minimum atomic E-state index is -0.0379. The molecule has 1 heterocycles. The quantitative estimate of drug-likeness (QED) is 0.411. The molecule has 4 aromatic rings. The van der Waals surface area contributed by atoms with E-state index < -0.39 is 0 Å². The Bertz CT molecular complexity index is 1330. The molecular formula is C25H23N3O2S. The summed E-state index contributed by atoms with van der Waals surface area (Å²) < 4.78 is 1.77. The zero-order chi connectivity index (χ0) is 22.0. The topological polar surface area (TPSA) is 70.1 Å². The molecule has 0 amide bonds. The van der Waals surface area contributed by atoms with Gasteiger partial charge in [-0.05, 0) is 56.2 Å². The van der Waals surface area contributed by atoms with Crippen LogP contribution in [0.2, 0.25) is 0 Å². The van der Waals surface area contributed by atoms with E-state index in [-0.39, 0.29) is 11.5 Å². The van der Waals surface area contributed by atoms with Gasteiger partial charge >= 0.3 is 0 Å². The minimum Gasteiger partial charge on any atom is -0.508 e. The van der Waals surface area contributed by atoms with E-state index in [1.807, 2.05) is 11.4 Å². The third-order valence-corrected chi connectivity index (χ3v) is 5.89. The molecular weight excluding hydrogens is 406 g/mol. The summed E-state index contributed by atoms with van der Waals surface area (Å²) in [6, 6.07) is 18.8. The van der Waals surface area contributed by atoms with E-state index in [0.717, 1.165) is 16.9 Å². The monoisotopic (exact) mass is 429 g/mol. The van der Waals surface area contributed by atoms with Crippen LogP contribution in [0.15, 0.2) is 76.1 Å². The molecule has 0 aliphatic heterocycles. The molecule has 0 unspecified atom stereocenters. The summed E-state index contributed by atoms with van der Waals surface area (Å²) in [6.07, 6.45) is 1.57. The Labute approximate surface area is 184 Å². The molecule has 3 aromatic carbocycles. The zero-order valence-electron chi connectivity index (χ0n) is 17.6. The average Bonchev–Trinajstić information content (AvgIpc) is 3.13. The number of phenols is 2. The van der Waals surface area contributed by atoms with Crippen molar-refractivity contribution >= 4 is 23.2 Å². The van der Waals surface area contributed by atoms with Gasteiger partial charge in [0.1, 0.15) is 11.5 Å². The maximum absolute atomic E-state index is 10.1. The van der Waals surface area contributed by atoms with E-state index in [1.54, 1.807) is 17.0 Å². The first-order chi connectivity index (χ1) is 14.9. The van der Waals surface area contributed by atoms with Gasteiger partial charge in [-0.1, -0.05) is 35.9 Å². The molecule has 156 valence electrons. The maximum Gasteiger partial charge on any atom is 0.211 e. The van der Waals surface area contributed by atoms with Gasteiger partial charge in [0.05, 0.1) is 17.6 Å². The summed E-state index contributed by atoms with van der Waals surface area (Å²) >= 11 is 1.50. The number of aromatic nitrogens is 1. The first kappa shape index (κ1) is 20.6. The Morgan fingerprint density at radius 3 is 2.35 bits per heavy atom. The molecule has 0 aliphatic rings. The fourth-order valence-corrected chi connectivity index (χ4v) is 3.93. The van der Waals surface area contributed by atoms with Gasteiger partial charge in [-0.15, -0.1) is 11.3 Å². The van der Waals surface area contributed by atoms with Crippen molar-refractivity contribution in [3.63, 3.8) is 0 Å². The van der Waals surface area contributed by atoms with Gasteiger partial charge in [-0.25, -0.2) is 9.67 Å². The maximum atomic E-state index is 10.1. The first-order valence-electron chi connectivity index (χ1n) is 9.86. The van der Waals surface area contributed by atoms with Crippen molar-refractivity contribution in [1.82, 2.24) is 4.68 Å². The van der Waals surface area contributed by atoms with Crippen LogP contribution in [-0.4, -0.2) is 21.1 Å². The molecule has 0 saturated carbocycles. The molecule has 31 heavy (non-hydrogen) atoms. The van der Waals surface area contributed by atoms with Gasteiger partial charge in [0.25, 0.3) is 0 Å². The van der Waals surface area contributed by atoms with Crippen molar-refractivity contribution in [3.05, 3.63) is 93.1 Å². The molecule has 6 heteroatoms. The summed E-state index contributed by atoms with van der Waals surface area (Å²) in [5, 5.41) is 26.3. The van der Waals surface area contributed by atoms with Crippen LogP contribution in [0.5, 0.6) is 11.5 Å². The van der Waals surface area contributed by atoms with E-state index in [0.29, 0.717) is 10.4 Å². The normalized spacial score (nSPS) is 12.0. The van der Waals surface area contributed by atoms with E-state index in [9.17, 15) is 10.2 Å². The smallest absolute Gasteiger partial charge is 0.211 e. The lowest BCUT2D eigenvalue weighted by atomic mass is 10.1. The molecule has 5 nitrogen and oxygen atoms in total. The van der Waals surface area contributed by atoms with Crippen molar-refractivity contribution < 1.29 is 10.2 Å². The number of thiazole rings is 1. The Hall–Kier alpha value is -3.64. The summed E-state index contributed by atoms with van der Waals surface area (Å²) in [5.41, 5.74) is 6.88. The number of hydrogen-bond acceptors (Lipinski definition) is 5. The third kappa shape index (κ3) is 4.59. The lowest BCUT2D eigenvalue weighted by molar-refractivity contribution is 0.450. The Balaban J connectivity index is 1.85. The van der Waals surface area contributed by atoms with E-state index in [4.69, 9.17) is 4.99 Å². The average molecular weight is 430 g/mol. The number of phenolic OH excluding ortho intramolecular Hbond substituents is 2. The molecule has 0 spiro atoms. The molecule has 0 atom stereocenters. The SMILES string of the molecule is Cc1ccc(-c2csc(=Nc3ccc(C)c(C)c3)n2/N=C/c2ccc(O)cc2O)cc1. The number of nitrogens with zero attached hydrogens (tertiary/aromatic N) is 3. The highest BCUT2D eigenvalue weighted by Crippen LogP contribution is 2.24. The van der Waals surface area contributed by atoms with Crippen LogP contribution in [0.4, 0.5) is 5.69 Å². The summed E-state index contributed by atoms with van der Waals surface area (Å²) in [4.78, 5) is 5.54. The van der Waals surface area contributed by atoms with Crippen LogP contribution in [0.3, 0.4) is 0 Å². The number of hydrogen-bond donors (Lipinski definition) is 2. The molecule has 0 aliphatic carbocycles. The lowest BCUT2D eigenvalue weighted by Gasteiger charge is -2.05. The van der Waals surface area contributed by atoms with Gasteiger partial charge in [-0.2, -0.15) is 5.10 Å². The van der Waals surface area contributed by atoms with E-state index in [2.05, 4.69) is 62.3 Å². The predicted molar refractivity (Wildman–Crippen MR) is 126 cm³/mol. The molecule has 4 rings (SSSR count). The molecule has 2 N–H and O–H groups in total. The molecule has 0 radical (unpaired) electrons. The molecule has 0 fully saturated rings. The van der Waals surface area contributed by atoms with Gasteiger partial charge in [0.2, 0.25) is 4.80 Å². The fourth-order valence-electron chi connectivity index (χ4n) is 3.08. The standard InChI is InChI=1S/C25H23N3O2S/c1-16-4-7-19(8-5-16)23-15-31-25(27-21-10-6-17(2)18(3)12-21)28(23)26-14-20-9-11-22(29)13-24(20)30/h4-15,29-30H,1-3H3/b26-14+,27-25?. The van der Waals surface area contributed by atoms with E-state index >= 15 is 0 Å². The number of rotatable bonds is 4. The van der Waals surface area contributed by atoms with E-state index in [1.165, 1.54) is 40.2 Å². The van der Waals surface area contributed by atoms with Crippen molar-refractivity contribution in [1.29, 1.82) is 0 Å². The highest BCUT2D eigenvalue weighted by molar-refractivity contribution is 7.07. The van der Waals surface area contributed by atoms with Gasteiger partial charge in [0, 0.05) is 22.6 Å². The van der Waals surface area contributed by atoms with Crippen molar-refractivity contribution in [2.75, 3.05) is 0 Å². The predicted octanol–water partition coefficient (Wildman–Crippen LogP) is 5.67. The van der Waals surface area contributed by atoms with Crippen molar-refractivity contribution in [3.8, 4) is 22.8 Å². The second-order valence-corrected chi connectivity index (χ2v) is 8.29. The number of aryl methyl sites for hydroxylation is 3. The number of benzene rings is 3. The van der Waals surface area contributed by atoms with Crippen LogP contribution in [-0.2, 0) is 0 Å². The number of aromatic hydroxyl groups is 2. The highest BCUT2D eigenvalue weighted by atomic mass is 32.1. The first-order valence-corrected chi connectivity index (χ1v) is 10.7. The summed E-state index contributed by atoms with van der Waals surface area (Å²) in [5.74, 6) is -0.0345. The second-order valence-electron chi connectivity index (χ2n) is 7.45. The Morgan fingerprint density at radius 2 is 1.65 bits per heavy atom. The summed E-state index contributed by atoms with van der Waals surface area (Å²) in [6.45, 7) is 6.20. The summed E-state index contributed by atoms with van der Waals surface area (Å²) in [7, 11) is 0. The highest BCUT2D eigenvalue weighted by Gasteiger charge is 2.09. The zero-order valence-corrected chi connectivity index (χ0v) is 18.4. The van der Waals surface area contributed by atoms with Crippen LogP contribution in [0, 0.1) is 20.8 Å². The Morgan fingerprint density at radius 1 is 0.871 bits per heavy atom. The fraction of sp³-hybridized carbons (Fsp3) is 0.120. The van der Waals surface area contributed by atoms with Crippen molar-refractivity contribution in [2.24, 2.45) is 10.1 Å². The van der Waals surface area contributed by atoms with Crippen LogP contribution < -0.4 is 4.80 Å². The van der Waals surface area contributed by atoms with Crippen LogP contribution >= 0.6 is 11.3 Å². The molecule has 0 bridgehead atoms. The third-order valence-electron chi connectivity index (χ3n) is 5.07. The van der Waals surface area contributed by atoms with Crippen LogP contribution in [0.25, 0.3) is 11.3 Å². The molecule has 1 aromatic heterocycles. The van der Waals surface area contributed by atoms with Gasteiger partial charge in [0.15, 0.2) is 0 Å². The van der Waals surface area contributed by atoms with Crippen LogP contribution in [0.1, 0.15) is 22.3 Å². The van der Waals surface area contributed by atoms with Crippen molar-refractivity contribution in [2.45, 2.75) is 20.8 Å². The van der Waals surface area contributed by atoms with Gasteiger partial charge < -0.3 is 10.2 Å². The second kappa shape index (κ2) is 8.62. The largest absolute Gasteiger partial charge is 0.508 e.